The van der Waals surface area contributed by atoms with Crippen molar-refractivity contribution in [2.45, 2.75) is 0 Å². The van der Waals surface area contributed by atoms with Crippen molar-refractivity contribution in [1.82, 2.24) is 9.97 Å². The standard InChI is InChI=1S/C21H14ClN3O3/c22-13-4-3-5-14(10-13)25(18-11-27-12-28-18)17-8-9-23-20-19(17)15-6-1-2-7-16(15)21(26)24-20/h1-11H,12H2,(H,23,24,26). The molecule has 6 nitrogen and oxygen atoms in total. The van der Waals surface area contributed by atoms with E-state index < -0.39 is 0 Å². The second-order valence-electron chi connectivity index (χ2n) is 6.25. The average Bonchev–Trinajstić information content (AvgIpc) is 3.23. The Kier molecular flexibility index (Phi) is 3.91. The van der Waals surface area contributed by atoms with Crippen LogP contribution in [0.4, 0.5) is 11.4 Å². The molecule has 1 aliphatic rings. The van der Waals surface area contributed by atoms with E-state index in [-0.39, 0.29) is 12.4 Å². The lowest BCUT2D eigenvalue weighted by Crippen LogP contribution is -2.18. The number of anilines is 2. The SMILES string of the molecule is O=c1[nH]c2nccc(N(C3=COCO3)c3cccc(Cl)c3)c2c2ccccc12. The Morgan fingerprint density at radius 2 is 1.93 bits per heavy atom. The highest BCUT2D eigenvalue weighted by Crippen LogP contribution is 2.38. The van der Waals surface area contributed by atoms with Crippen LogP contribution in [0.2, 0.25) is 5.02 Å². The Morgan fingerprint density at radius 1 is 1.07 bits per heavy atom. The molecule has 0 amide bonds. The lowest BCUT2D eigenvalue weighted by atomic mass is 10.1. The number of ether oxygens (including phenoxy) is 2. The van der Waals surface area contributed by atoms with Gasteiger partial charge in [0.25, 0.3) is 5.56 Å². The average molecular weight is 392 g/mol. The van der Waals surface area contributed by atoms with Crippen LogP contribution in [0.1, 0.15) is 0 Å². The van der Waals surface area contributed by atoms with Crippen molar-refractivity contribution in [3.63, 3.8) is 0 Å². The fraction of sp³-hybridized carbons (Fsp3) is 0.0476. The molecule has 0 atom stereocenters. The van der Waals surface area contributed by atoms with Gasteiger partial charge < -0.3 is 14.5 Å². The van der Waals surface area contributed by atoms with Crippen molar-refractivity contribution in [2.24, 2.45) is 0 Å². The molecule has 5 rings (SSSR count). The van der Waals surface area contributed by atoms with E-state index in [0.29, 0.717) is 21.9 Å². The summed E-state index contributed by atoms with van der Waals surface area (Å²) in [5.41, 5.74) is 1.90. The van der Waals surface area contributed by atoms with E-state index in [2.05, 4.69) is 9.97 Å². The van der Waals surface area contributed by atoms with E-state index in [1.807, 2.05) is 47.4 Å². The largest absolute Gasteiger partial charge is 0.459 e. The summed E-state index contributed by atoms with van der Waals surface area (Å²) in [6.07, 6.45) is 3.21. The van der Waals surface area contributed by atoms with Crippen LogP contribution in [-0.2, 0) is 9.47 Å². The Hall–Kier alpha value is -3.51. The third kappa shape index (κ3) is 2.66. The third-order valence-electron chi connectivity index (χ3n) is 4.59. The zero-order chi connectivity index (χ0) is 19.1. The van der Waals surface area contributed by atoms with Crippen LogP contribution in [0.15, 0.2) is 77.7 Å². The van der Waals surface area contributed by atoms with Crippen LogP contribution < -0.4 is 10.5 Å². The Morgan fingerprint density at radius 3 is 2.71 bits per heavy atom. The molecule has 138 valence electrons. The summed E-state index contributed by atoms with van der Waals surface area (Å²) in [4.78, 5) is 21.6. The first-order valence-electron chi connectivity index (χ1n) is 8.62. The number of nitrogens with zero attached hydrogens (tertiary/aromatic N) is 2. The number of aromatic amines is 1. The van der Waals surface area contributed by atoms with E-state index in [1.165, 1.54) is 0 Å². The van der Waals surface area contributed by atoms with Crippen molar-refractivity contribution in [1.29, 1.82) is 0 Å². The number of rotatable bonds is 3. The molecule has 2 aromatic heterocycles. The molecule has 0 fully saturated rings. The Balaban J connectivity index is 1.87. The first kappa shape index (κ1) is 16.6. The molecule has 1 N–H and O–H groups in total. The van der Waals surface area contributed by atoms with Gasteiger partial charge in [0.05, 0.1) is 11.4 Å². The number of hydrogen-bond acceptors (Lipinski definition) is 5. The van der Waals surface area contributed by atoms with Gasteiger partial charge in [-0.1, -0.05) is 35.9 Å². The van der Waals surface area contributed by atoms with Gasteiger partial charge >= 0.3 is 0 Å². The third-order valence-corrected chi connectivity index (χ3v) is 4.82. The molecule has 0 saturated carbocycles. The zero-order valence-electron chi connectivity index (χ0n) is 14.6. The number of fused-ring (bicyclic) bond motifs is 3. The first-order chi connectivity index (χ1) is 13.7. The van der Waals surface area contributed by atoms with Gasteiger partial charge in [0.1, 0.15) is 11.9 Å². The maximum absolute atomic E-state index is 12.5. The summed E-state index contributed by atoms with van der Waals surface area (Å²) in [7, 11) is 0. The fourth-order valence-corrected chi connectivity index (χ4v) is 3.61. The van der Waals surface area contributed by atoms with Gasteiger partial charge in [-0.3, -0.25) is 9.69 Å². The summed E-state index contributed by atoms with van der Waals surface area (Å²) < 4.78 is 11.0. The van der Waals surface area contributed by atoms with Crippen molar-refractivity contribution in [2.75, 3.05) is 11.7 Å². The van der Waals surface area contributed by atoms with Crippen LogP contribution in [0.5, 0.6) is 0 Å². The monoisotopic (exact) mass is 391 g/mol. The van der Waals surface area contributed by atoms with Gasteiger partial charge in [-0.25, -0.2) is 4.98 Å². The fourth-order valence-electron chi connectivity index (χ4n) is 3.42. The molecule has 0 aliphatic carbocycles. The molecule has 0 unspecified atom stereocenters. The molecular formula is C21H14ClN3O3. The molecule has 2 aromatic carbocycles. The van der Waals surface area contributed by atoms with E-state index in [0.717, 1.165) is 22.1 Å². The highest BCUT2D eigenvalue weighted by Gasteiger charge is 2.23. The summed E-state index contributed by atoms with van der Waals surface area (Å²) in [5.74, 6) is 0.519. The Bertz CT molecular complexity index is 1300. The number of nitrogens with one attached hydrogen (secondary N) is 1. The molecular weight excluding hydrogens is 378 g/mol. The second-order valence-corrected chi connectivity index (χ2v) is 6.69. The van der Waals surface area contributed by atoms with Gasteiger partial charge in [-0.05, 0) is 30.3 Å². The maximum atomic E-state index is 12.5. The van der Waals surface area contributed by atoms with Gasteiger partial charge in [-0.15, -0.1) is 0 Å². The van der Waals surface area contributed by atoms with E-state index in [1.54, 1.807) is 24.6 Å². The zero-order valence-corrected chi connectivity index (χ0v) is 15.3. The summed E-state index contributed by atoms with van der Waals surface area (Å²) in [5, 5.41) is 2.79. The number of hydrogen-bond donors (Lipinski definition) is 1. The van der Waals surface area contributed by atoms with Crippen molar-refractivity contribution < 1.29 is 9.47 Å². The van der Waals surface area contributed by atoms with E-state index >= 15 is 0 Å². The molecule has 7 heteroatoms. The van der Waals surface area contributed by atoms with Crippen LogP contribution in [0.25, 0.3) is 21.8 Å². The van der Waals surface area contributed by atoms with Crippen LogP contribution >= 0.6 is 11.6 Å². The van der Waals surface area contributed by atoms with Crippen LogP contribution in [0.3, 0.4) is 0 Å². The number of H-pyrrole nitrogens is 1. The van der Waals surface area contributed by atoms with Crippen molar-refractivity contribution in [3.05, 3.63) is 88.3 Å². The van der Waals surface area contributed by atoms with E-state index in [4.69, 9.17) is 21.1 Å². The quantitative estimate of drug-likeness (QED) is 0.514. The number of aromatic nitrogens is 2. The summed E-state index contributed by atoms with van der Waals surface area (Å²) in [6.45, 7) is 0.132. The predicted molar refractivity (Wildman–Crippen MR) is 109 cm³/mol. The Labute approximate surface area is 164 Å². The maximum Gasteiger partial charge on any atom is 0.257 e. The smallest absolute Gasteiger partial charge is 0.257 e. The second kappa shape index (κ2) is 6.58. The molecule has 0 saturated heterocycles. The predicted octanol–water partition coefficient (Wildman–Crippen LogP) is 4.67. The van der Waals surface area contributed by atoms with Crippen LogP contribution in [0, 0.1) is 0 Å². The highest BCUT2D eigenvalue weighted by atomic mass is 35.5. The van der Waals surface area contributed by atoms with Gasteiger partial charge in [0.2, 0.25) is 12.7 Å². The van der Waals surface area contributed by atoms with Gasteiger partial charge in [-0.2, -0.15) is 0 Å². The molecule has 3 heterocycles. The van der Waals surface area contributed by atoms with Crippen molar-refractivity contribution >= 4 is 44.8 Å². The van der Waals surface area contributed by atoms with E-state index in [9.17, 15) is 4.79 Å². The number of halogens is 1. The van der Waals surface area contributed by atoms with Crippen molar-refractivity contribution in [3.8, 4) is 0 Å². The highest BCUT2D eigenvalue weighted by molar-refractivity contribution is 6.30. The molecule has 0 spiro atoms. The minimum Gasteiger partial charge on any atom is -0.459 e. The molecule has 28 heavy (non-hydrogen) atoms. The number of pyridine rings is 2. The molecule has 0 radical (unpaired) electrons. The van der Waals surface area contributed by atoms with Gasteiger partial charge in [0.15, 0.2) is 0 Å². The molecule has 0 bridgehead atoms. The molecule has 1 aliphatic heterocycles. The van der Waals surface area contributed by atoms with Crippen LogP contribution in [-0.4, -0.2) is 16.8 Å². The topological polar surface area (TPSA) is 67.5 Å². The normalized spacial score (nSPS) is 13.2. The first-order valence-corrected chi connectivity index (χ1v) is 9.00. The van der Waals surface area contributed by atoms with Gasteiger partial charge in [0, 0.05) is 27.4 Å². The minimum absolute atomic E-state index is 0.132. The summed E-state index contributed by atoms with van der Waals surface area (Å²) in [6, 6.07) is 16.7. The minimum atomic E-state index is -0.179. The molecule has 4 aromatic rings. The summed E-state index contributed by atoms with van der Waals surface area (Å²) >= 11 is 6.24. The number of benzene rings is 2. The lowest BCUT2D eigenvalue weighted by molar-refractivity contribution is 0.0798. The lowest BCUT2D eigenvalue weighted by Gasteiger charge is -2.25.